The number of halogens is 1. The largest absolute Gasteiger partial charge is 0.492 e. The van der Waals surface area contributed by atoms with Gasteiger partial charge in [0.05, 0.1) is 17.1 Å². The van der Waals surface area contributed by atoms with Crippen molar-refractivity contribution in [3.05, 3.63) is 28.2 Å². The molecule has 86 valence electrons. The lowest BCUT2D eigenvalue weighted by atomic mass is 10.2. The third-order valence-electron chi connectivity index (χ3n) is 2.10. The Hall–Kier alpha value is -1.05. The molecular weight excluding hydrogens is 268 g/mol. The van der Waals surface area contributed by atoms with Gasteiger partial charge in [-0.1, -0.05) is 12.1 Å². The van der Waals surface area contributed by atoms with Crippen LogP contribution in [0.25, 0.3) is 0 Å². The van der Waals surface area contributed by atoms with Gasteiger partial charge >= 0.3 is 0 Å². The summed E-state index contributed by atoms with van der Waals surface area (Å²) in [5, 5.41) is 11.5. The molecular formula is C12H15BrN2O. The third-order valence-corrected chi connectivity index (χ3v) is 2.72. The van der Waals surface area contributed by atoms with E-state index in [4.69, 9.17) is 10.00 Å². The maximum atomic E-state index is 8.43. The molecule has 0 aliphatic heterocycles. The lowest BCUT2D eigenvalue weighted by Crippen LogP contribution is -2.08. The standard InChI is InChI=1S/C12H15BrN2O/c1-15-9-10-5-4-6-11(13)12(10)16-8-3-2-7-14/h4-6,15H,2-3,8-9H2,1H3. The molecule has 0 aromatic heterocycles. The van der Waals surface area contributed by atoms with Crippen LogP contribution in [0, 0.1) is 11.3 Å². The first-order chi connectivity index (χ1) is 7.79. The van der Waals surface area contributed by atoms with Crippen LogP contribution < -0.4 is 10.1 Å². The van der Waals surface area contributed by atoms with Crippen molar-refractivity contribution in [2.75, 3.05) is 13.7 Å². The van der Waals surface area contributed by atoms with Crippen molar-refractivity contribution in [3.63, 3.8) is 0 Å². The minimum absolute atomic E-state index is 0.534. The Kier molecular flexibility index (Phi) is 5.91. The summed E-state index contributed by atoms with van der Waals surface area (Å²) in [5.41, 5.74) is 1.12. The van der Waals surface area contributed by atoms with Crippen molar-refractivity contribution in [3.8, 4) is 11.8 Å². The van der Waals surface area contributed by atoms with Crippen molar-refractivity contribution < 1.29 is 4.74 Å². The number of nitrogens with one attached hydrogen (secondary N) is 1. The molecule has 1 rings (SSSR count). The minimum Gasteiger partial charge on any atom is -0.492 e. The summed E-state index contributed by atoms with van der Waals surface area (Å²) in [6.07, 6.45) is 1.29. The molecule has 0 saturated carbocycles. The summed E-state index contributed by atoms with van der Waals surface area (Å²) in [7, 11) is 1.90. The van der Waals surface area contributed by atoms with Crippen molar-refractivity contribution >= 4 is 15.9 Å². The number of benzene rings is 1. The predicted molar refractivity (Wildman–Crippen MR) is 67.2 cm³/mol. The van der Waals surface area contributed by atoms with Crippen LogP contribution in [0.1, 0.15) is 18.4 Å². The van der Waals surface area contributed by atoms with Crippen molar-refractivity contribution in [1.82, 2.24) is 5.32 Å². The Morgan fingerprint density at radius 2 is 2.31 bits per heavy atom. The van der Waals surface area contributed by atoms with E-state index >= 15 is 0 Å². The molecule has 16 heavy (non-hydrogen) atoms. The van der Waals surface area contributed by atoms with E-state index in [0.29, 0.717) is 13.0 Å². The van der Waals surface area contributed by atoms with Gasteiger partial charge in [0.1, 0.15) is 5.75 Å². The molecule has 0 saturated heterocycles. The second kappa shape index (κ2) is 7.26. The predicted octanol–water partition coefficient (Wildman–Crippen LogP) is 2.85. The van der Waals surface area contributed by atoms with Crippen molar-refractivity contribution in [2.24, 2.45) is 0 Å². The van der Waals surface area contributed by atoms with Gasteiger partial charge in [-0.05, 0) is 35.5 Å². The summed E-state index contributed by atoms with van der Waals surface area (Å²) in [6.45, 7) is 1.35. The second-order valence-electron chi connectivity index (χ2n) is 3.37. The molecule has 1 aromatic carbocycles. The molecule has 0 heterocycles. The zero-order chi connectivity index (χ0) is 11.8. The quantitative estimate of drug-likeness (QED) is 0.816. The first-order valence-corrected chi connectivity index (χ1v) is 6.00. The molecule has 0 fully saturated rings. The van der Waals surface area contributed by atoms with Crippen molar-refractivity contribution in [2.45, 2.75) is 19.4 Å². The first kappa shape index (κ1) is 13.0. The highest BCUT2D eigenvalue weighted by Gasteiger charge is 2.06. The lowest BCUT2D eigenvalue weighted by molar-refractivity contribution is 0.307. The zero-order valence-electron chi connectivity index (χ0n) is 9.29. The average Bonchev–Trinajstić information content (AvgIpc) is 2.28. The highest BCUT2D eigenvalue weighted by Crippen LogP contribution is 2.29. The van der Waals surface area contributed by atoms with E-state index in [2.05, 4.69) is 27.3 Å². The molecule has 3 nitrogen and oxygen atoms in total. The molecule has 0 aliphatic rings. The molecule has 0 aliphatic carbocycles. The fourth-order valence-electron chi connectivity index (χ4n) is 1.37. The van der Waals surface area contributed by atoms with Crippen LogP contribution in [-0.4, -0.2) is 13.7 Å². The fourth-order valence-corrected chi connectivity index (χ4v) is 1.89. The van der Waals surface area contributed by atoms with Crippen LogP contribution >= 0.6 is 15.9 Å². The third kappa shape index (κ3) is 3.84. The fraction of sp³-hybridized carbons (Fsp3) is 0.417. The van der Waals surface area contributed by atoms with E-state index in [1.165, 1.54) is 0 Å². The number of nitriles is 1. The van der Waals surface area contributed by atoms with Gasteiger partial charge < -0.3 is 10.1 Å². The van der Waals surface area contributed by atoms with Gasteiger partial charge in [-0.15, -0.1) is 0 Å². The van der Waals surface area contributed by atoms with Gasteiger partial charge in [-0.25, -0.2) is 0 Å². The number of hydrogen-bond donors (Lipinski definition) is 1. The summed E-state index contributed by atoms with van der Waals surface area (Å²) < 4.78 is 6.64. The molecule has 0 amide bonds. The molecule has 0 bridgehead atoms. The topological polar surface area (TPSA) is 45.0 Å². The van der Waals surface area contributed by atoms with Gasteiger partial charge in [0.2, 0.25) is 0 Å². The summed E-state index contributed by atoms with van der Waals surface area (Å²) in [5.74, 6) is 0.870. The zero-order valence-corrected chi connectivity index (χ0v) is 10.9. The number of para-hydroxylation sites is 1. The Balaban J connectivity index is 2.65. The van der Waals surface area contributed by atoms with E-state index in [1.54, 1.807) is 0 Å². The first-order valence-electron chi connectivity index (χ1n) is 5.21. The summed E-state index contributed by atoms with van der Waals surface area (Å²) >= 11 is 3.47. The number of nitrogens with zero attached hydrogens (tertiary/aromatic N) is 1. The van der Waals surface area contributed by atoms with Crippen LogP contribution in [0.5, 0.6) is 5.75 Å². The van der Waals surface area contributed by atoms with Crippen LogP contribution in [0.15, 0.2) is 22.7 Å². The van der Waals surface area contributed by atoms with E-state index < -0.39 is 0 Å². The maximum absolute atomic E-state index is 8.43. The van der Waals surface area contributed by atoms with Crippen LogP contribution in [0.3, 0.4) is 0 Å². The highest BCUT2D eigenvalue weighted by atomic mass is 79.9. The monoisotopic (exact) mass is 282 g/mol. The Morgan fingerprint density at radius 1 is 1.50 bits per heavy atom. The molecule has 0 atom stereocenters. The smallest absolute Gasteiger partial charge is 0.137 e. The Labute approximate surface area is 105 Å². The molecule has 0 unspecified atom stereocenters. The van der Waals surface area contributed by atoms with Gasteiger partial charge in [-0.3, -0.25) is 0 Å². The number of unbranched alkanes of at least 4 members (excludes halogenated alkanes) is 1. The Bertz CT molecular complexity index is 374. The molecule has 0 radical (unpaired) electrons. The van der Waals surface area contributed by atoms with Crippen molar-refractivity contribution in [1.29, 1.82) is 5.26 Å². The van der Waals surface area contributed by atoms with Gasteiger partial charge in [0.15, 0.2) is 0 Å². The van der Waals surface area contributed by atoms with E-state index in [-0.39, 0.29) is 0 Å². The number of hydrogen-bond acceptors (Lipinski definition) is 3. The van der Waals surface area contributed by atoms with E-state index in [0.717, 1.165) is 28.8 Å². The molecule has 1 N–H and O–H groups in total. The average molecular weight is 283 g/mol. The molecule has 1 aromatic rings. The normalized spacial score (nSPS) is 9.81. The number of rotatable bonds is 6. The van der Waals surface area contributed by atoms with Crippen LogP contribution in [0.2, 0.25) is 0 Å². The lowest BCUT2D eigenvalue weighted by Gasteiger charge is -2.12. The van der Waals surface area contributed by atoms with Gasteiger partial charge in [-0.2, -0.15) is 5.26 Å². The molecule has 4 heteroatoms. The van der Waals surface area contributed by atoms with Gasteiger partial charge in [0.25, 0.3) is 0 Å². The van der Waals surface area contributed by atoms with Crippen LogP contribution in [-0.2, 0) is 6.54 Å². The number of ether oxygens (including phenoxy) is 1. The van der Waals surface area contributed by atoms with E-state index in [9.17, 15) is 0 Å². The summed E-state index contributed by atoms with van der Waals surface area (Å²) in [6, 6.07) is 8.08. The Morgan fingerprint density at radius 3 is 3.00 bits per heavy atom. The van der Waals surface area contributed by atoms with Crippen LogP contribution in [0.4, 0.5) is 0 Å². The van der Waals surface area contributed by atoms with Gasteiger partial charge in [0, 0.05) is 18.5 Å². The molecule has 0 spiro atoms. The highest BCUT2D eigenvalue weighted by molar-refractivity contribution is 9.10. The summed E-state index contributed by atoms with van der Waals surface area (Å²) in [4.78, 5) is 0. The maximum Gasteiger partial charge on any atom is 0.137 e. The second-order valence-corrected chi connectivity index (χ2v) is 4.22. The minimum atomic E-state index is 0.534. The van der Waals surface area contributed by atoms with E-state index in [1.807, 2.05) is 25.2 Å². The SMILES string of the molecule is CNCc1cccc(Br)c1OCCCC#N.